The van der Waals surface area contributed by atoms with Gasteiger partial charge in [-0.3, -0.25) is 0 Å². The van der Waals surface area contributed by atoms with E-state index in [0.29, 0.717) is 12.6 Å². The molecule has 1 heterocycles. The number of benzene rings is 1. The number of methoxy groups -OCH3 is 1. The van der Waals surface area contributed by atoms with Gasteiger partial charge in [-0.05, 0) is 50.6 Å². The molecule has 1 aliphatic heterocycles. The van der Waals surface area contributed by atoms with E-state index in [1.807, 2.05) is 36.1 Å². The van der Waals surface area contributed by atoms with Crippen LogP contribution in [-0.2, 0) is 0 Å². The van der Waals surface area contributed by atoms with Crippen LogP contribution in [0, 0.1) is 0 Å². The van der Waals surface area contributed by atoms with E-state index in [4.69, 9.17) is 4.74 Å². The topological polar surface area (TPSA) is 53.6 Å². The van der Waals surface area contributed by atoms with Gasteiger partial charge < -0.3 is 20.3 Å². The van der Waals surface area contributed by atoms with Crippen molar-refractivity contribution in [1.82, 2.24) is 10.2 Å². The molecule has 2 rings (SSSR count). The number of amides is 2. The van der Waals surface area contributed by atoms with Gasteiger partial charge >= 0.3 is 6.03 Å². The van der Waals surface area contributed by atoms with Crippen LogP contribution in [0.1, 0.15) is 26.2 Å². The summed E-state index contributed by atoms with van der Waals surface area (Å²) in [6.45, 7) is 4.54. The normalized spacial score (nSPS) is 18.1. The molecule has 116 valence electrons. The molecule has 1 aliphatic rings. The first-order valence-electron chi connectivity index (χ1n) is 7.66. The largest absolute Gasteiger partial charge is 0.497 e. The molecule has 5 heteroatoms. The lowest BCUT2D eigenvalue weighted by molar-refractivity contribution is 0.203. The van der Waals surface area contributed by atoms with Gasteiger partial charge in [-0.25, -0.2) is 4.79 Å². The molecule has 1 unspecified atom stereocenters. The van der Waals surface area contributed by atoms with Gasteiger partial charge in [0.15, 0.2) is 0 Å². The zero-order valence-corrected chi connectivity index (χ0v) is 12.9. The van der Waals surface area contributed by atoms with E-state index in [0.717, 1.165) is 30.9 Å². The third-order valence-electron chi connectivity index (χ3n) is 3.86. The van der Waals surface area contributed by atoms with Crippen molar-refractivity contribution in [3.63, 3.8) is 0 Å². The van der Waals surface area contributed by atoms with Gasteiger partial charge in [-0.1, -0.05) is 6.42 Å². The van der Waals surface area contributed by atoms with E-state index in [2.05, 4.69) is 10.6 Å². The van der Waals surface area contributed by atoms with Crippen molar-refractivity contribution in [1.29, 1.82) is 0 Å². The number of nitrogens with one attached hydrogen (secondary N) is 2. The van der Waals surface area contributed by atoms with Crippen LogP contribution >= 0.6 is 0 Å². The Morgan fingerprint density at radius 1 is 1.38 bits per heavy atom. The van der Waals surface area contributed by atoms with Gasteiger partial charge in [0.25, 0.3) is 0 Å². The molecule has 1 aromatic carbocycles. The molecule has 1 fully saturated rings. The molecule has 21 heavy (non-hydrogen) atoms. The van der Waals surface area contributed by atoms with Crippen molar-refractivity contribution in [2.75, 3.05) is 32.1 Å². The number of urea groups is 1. The first kappa shape index (κ1) is 15.6. The van der Waals surface area contributed by atoms with Crippen molar-refractivity contribution < 1.29 is 9.53 Å². The Morgan fingerprint density at radius 3 is 2.71 bits per heavy atom. The van der Waals surface area contributed by atoms with Crippen LogP contribution in [0.4, 0.5) is 10.5 Å². The van der Waals surface area contributed by atoms with Gasteiger partial charge in [0, 0.05) is 24.8 Å². The Labute approximate surface area is 126 Å². The van der Waals surface area contributed by atoms with E-state index < -0.39 is 0 Å². The Bertz CT molecular complexity index is 441. The van der Waals surface area contributed by atoms with Crippen molar-refractivity contribution in [2.24, 2.45) is 0 Å². The second-order valence-electron chi connectivity index (χ2n) is 5.34. The van der Waals surface area contributed by atoms with Gasteiger partial charge in [-0.15, -0.1) is 0 Å². The summed E-state index contributed by atoms with van der Waals surface area (Å²) in [6.07, 6.45) is 3.63. The first-order valence-corrected chi connectivity index (χ1v) is 7.66. The SMILES string of the molecule is CCN(CC1CCCCN1)C(=O)Nc1ccc(OC)cc1. The Balaban J connectivity index is 1.89. The molecule has 1 saturated heterocycles. The fourth-order valence-electron chi connectivity index (χ4n) is 2.58. The molecular weight excluding hydrogens is 266 g/mol. The van der Waals surface area contributed by atoms with Gasteiger partial charge in [0.1, 0.15) is 5.75 Å². The maximum atomic E-state index is 12.3. The predicted octanol–water partition coefficient (Wildman–Crippen LogP) is 2.69. The highest BCUT2D eigenvalue weighted by Gasteiger charge is 2.19. The van der Waals surface area contributed by atoms with Gasteiger partial charge in [0.2, 0.25) is 0 Å². The van der Waals surface area contributed by atoms with Crippen LogP contribution in [0.15, 0.2) is 24.3 Å². The molecule has 0 saturated carbocycles. The zero-order chi connectivity index (χ0) is 15.1. The fraction of sp³-hybridized carbons (Fsp3) is 0.562. The summed E-state index contributed by atoms with van der Waals surface area (Å²) in [5, 5.41) is 6.42. The number of hydrogen-bond acceptors (Lipinski definition) is 3. The maximum Gasteiger partial charge on any atom is 0.321 e. The molecule has 1 atom stereocenters. The summed E-state index contributed by atoms with van der Waals surface area (Å²) in [4.78, 5) is 14.2. The molecule has 1 aromatic rings. The Kier molecular flexibility index (Phi) is 5.87. The Hall–Kier alpha value is -1.75. The van der Waals surface area contributed by atoms with Crippen LogP contribution in [0.2, 0.25) is 0 Å². The third kappa shape index (κ3) is 4.63. The van der Waals surface area contributed by atoms with Crippen molar-refractivity contribution in [2.45, 2.75) is 32.2 Å². The predicted molar refractivity (Wildman–Crippen MR) is 84.9 cm³/mol. The van der Waals surface area contributed by atoms with Crippen molar-refractivity contribution in [3.8, 4) is 5.75 Å². The molecule has 2 amide bonds. The molecular formula is C16H25N3O2. The highest BCUT2D eigenvalue weighted by molar-refractivity contribution is 5.89. The number of nitrogens with zero attached hydrogens (tertiary/aromatic N) is 1. The molecule has 0 aliphatic carbocycles. The molecule has 2 N–H and O–H groups in total. The van der Waals surface area contributed by atoms with Crippen molar-refractivity contribution >= 4 is 11.7 Å². The average molecular weight is 291 g/mol. The van der Waals surface area contributed by atoms with Crippen LogP contribution in [0.5, 0.6) is 5.75 Å². The van der Waals surface area contributed by atoms with Crippen LogP contribution in [-0.4, -0.2) is 43.7 Å². The maximum absolute atomic E-state index is 12.3. The lowest BCUT2D eigenvalue weighted by Gasteiger charge is -2.30. The van der Waals surface area contributed by atoms with E-state index in [-0.39, 0.29) is 6.03 Å². The minimum Gasteiger partial charge on any atom is -0.497 e. The standard InChI is InChI=1S/C16H25N3O2/c1-3-19(12-14-6-4-5-11-17-14)16(20)18-13-7-9-15(21-2)10-8-13/h7-10,14,17H,3-6,11-12H2,1-2H3,(H,18,20). The van der Waals surface area contributed by atoms with E-state index in [9.17, 15) is 4.79 Å². The van der Waals surface area contributed by atoms with E-state index >= 15 is 0 Å². The average Bonchev–Trinajstić information content (AvgIpc) is 2.54. The fourth-order valence-corrected chi connectivity index (χ4v) is 2.58. The minimum atomic E-state index is -0.0463. The van der Waals surface area contributed by atoms with Gasteiger partial charge in [-0.2, -0.15) is 0 Å². The van der Waals surface area contributed by atoms with Crippen LogP contribution in [0.3, 0.4) is 0 Å². The quantitative estimate of drug-likeness (QED) is 0.877. The third-order valence-corrected chi connectivity index (χ3v) is 3.86. The number of anilines is 1. The molecule has 0 radical (unpaired) electrons. The molecule has 0 bridgehead atoms. The van der Waals surface area contributed by atoms with Gasteiger partial charge in [0.05, 0.1) is 7.11 Å². The summed E-state index contributed by atoms with van der Waals surface area (Å²) < 4.78 is 5.11. The highest BCUT2D eigenvalue weighted by atomic mass is 16.5. The number of carbonyl (C=O) groups is 1. The van der Waals surface area contributed by atoms with Crippen LogP contribution in [0.25, 0.3) is 0 Å². The summed E-state index contributed by atoms with van der Waals surface area (Å²) in [5.41, 5.74) is 0.788. The number of carbonyl (C=O) groups excluding carboxylic acids is 1. The molecule has 0 aromatic heterocycles. The summed E-state index contributed by atoms with van der Waals surface area (Å²) in [7, 11) is 1.63. The summed E-state index contributed by atoms with van der Waals surface area (Å²) in [5.74, 6) is 0.784. The van der Waals surface area contributed by atoms with Crippen molar-refractivity contribution in [3.05, 3.63) is 24.3 Å². The minimum absolute atomic E-state index is 0.0463. The van der Waals surface area contributed by atoms with Crippen LogP contribution < -0.4 is 15.4 Å². The number of hydrogen-bond donors (Lipinski definition) is 2. The zero-order valence-electron chi connectivity index (χ0n) is 12.9. The second-order valence-corrected chi connectivity index (χ2v) is 5.34. The monoisotopic (exact) mass is 291 g/mol. The van der Waals surface area contributed by atoms with E-state index in [1.165, 1.54) is 12.8 Å². The molecule has 0 spiro atoms. The highest BCUT2D eigenvalue weighted by Crippen LogP contribution is 2.16. The lowest BCUT2D eigenvalue weighted by Crippen LogP contribution is -2.46. The van der Waals surface area contributed by atoms with E-state index in [1.54, 1.807) is 7.11 Å². The number of ether oxygens (including phenoxy) is 1. The smallest absolute Gasteiger partial charge is 0.321 e. The molecule has 5 nitrogen and oxygen atoms in total. The summed E-state index contributed by atoms with van der Waals surface area (Å²) >= 11 is 0. The summed E-state index contributed by atoms with van der Waals surface area (Å²) in [6, 6.07) is 7.76. The first-order chi connectivity index (χ1) is 10.2. The number of rotatable bonds is 5. The number of likely N-dealkylation sites (N-methyl/N-ethyl adjacent to an activating group) is 1. The second kappa shape index (κ2) is 7.88. The lowest BCUT2D eigenvalue weighted by atomic mass is 10.0. The number of piperidine rings is 1. The Morgan fingerprint density at radius 2 is 2.14 bits per heavy atom.